The molecule has 1 aliphatic rings. The Labute approximate surface area is 148 Å². The van der Waals surface area contributed by atoms with Crippen LogP contribution < -0.4 is 0 Å². The van der Waals surface area contributed by atoms with Crippen LogP contribution in [0.25, 0.3) is 0 Å². The number of aliphatic hydroxyl groups excluding tert-OH is 1. The number of amides is 1. The van der Waals surface area contributed by atoms with E-state index in [2.05, 4.69) is 22.1 Å². The highest BCUT2D eigenvalue weighted by Crippen LogP contribution is 2.11. The minimum atomic E-state index is -0.506. The van der Waals surface area contributed by atoms with Gasteiger partial charge < -0.3 is 10.0 Å². The SMILES string of the molecule is Cn1cc(CCC(=O)N2CCN(Cc3ccccc3)CC(O)C2)cn1. The Morgan fingerprint density at radius 3 is 2.72 bits per heavy atom. The molecule has 1 aromatic heterocycles. The molecule has 2 heterocycles. The fourth-order valence-corrected chi connectivity index (χ4v) is 3.28. The second-order valence-electron chi connectivity index (χ2n) is 6.74. The number of carbonyl (C=O) groups excluding carboxylic acids is 1. The van der Waals surface area contributed by atoms with Crippen LogP contribution in [-0.4, -0.2) is 62.9 Å². The van der Waals surface area contributed by atoms with E-state index in [0.717, 1.165) is 18.7 Å². The number of β-amino-alcohol motifs (C(OH)–C–C–N with tert-alkyl or cyclic N) is 1. The Morgan fingerprint density at radius 1 is 1.20 bits per heavy atom. The van der Waals surface area contributed by atoms with Crippen LogP contribution in [0.1, 0.15) is 17.5 Å². The number of hydrogen-bond donors (Lipinski definition) is 1. The highest BCUT2D eigenvalue weighted by molar-refractivity contribution is 5.76. The average molecular weight is 342 g/mol. The van der Waals surface area contributed by atoms with E-state index in [4.69, 9.17) is 0 Å². The lowest BCUT2D eigenvalue weighted by Gasteiger charge is -2.22. The zero-order valence-corrected chi connectivity index (χ0v) is 14.7. The van der Waals surface area contributed by atoms with Crippen LogP contribution in [0.15, 0.2) is 42.7 Å². The number of aliphatic hydroxyl groups is 1. The van der Waals surface area contributed by atoms with Crippen LogP contribution in [0.4, 0.5) is 0 Å². The number of carbonyl (C=O) groups is 1. The van der Waals surface area contributed by atoms with Gasteiger partial charge in [0.05, 0.1) is 12.3 Å². The first-order valence-electron chi connectivity index (χ1n) is 8.80. The fraction of sp³-hybridized carbons (Fsp3) is 0.474. The Hall–Kier alpha value is -2.18. The van der Waals surface area contributed by atoms with Crippen molar-refractivity contribution in [1.29, 1.82) is 0 Å². The number of aryl methyl sites for hydroxylation is 2. The molecule has 0 bridgehead atoms. The quantitative estimate of drug-likeness (QED) is 0.883. The largest absolute Gasteiger partial charge is 0.390 e. The normalized spacial score (nSPS) is 19.0. The predicted molar refractivity (Wildman–Crippen MR) is 95.8 cm³/mol. The molecule has 1 N–H and O–H groups in total. The minimum absolute atomic E-state index is 0.101. The summed E-state index contributed by atoms with van der Waals surface area (Å²) in [7, 11) is 1.87. The lowest BCUT2D eigenvalue weighted by atomic mass is 10.2. The maximum atomic E-state index is 12.5. The zero-order chi connectivity index (χ0) is 17.6. The molecular formula is C19H26N4O2. The van der Waals surface area contributed by atoms with Crippen molar-refractivity contribution in [3.05, 3.63) is 53.9 Å². The molecule has 1 atom stereocenters. The van der Waals surface area contributed by atoms with Gasteiger partial charge >= 0.3 is 0 Å². The number of hydrogen-bond acceptors (Lipinski definition) is 4. The Bertz CT molecular complexity index is 686. The standard InChI is InChI=1S/C19H26N4O2/c1-21-12-17(11-20-21)7-8-19(25)23-10-9-22(14-18(24)15-23)13-16-5-3-2-4-6-16/h2-6,11-12,18,24H,7-10,13-15H2,1H3. The predicted octanol–water partition coefficient (Wildman–Crippen LogP) is 1.06. The molecule has 0 spiro atoms. The van der Waals surface area contributed by atoms with Crippen molar-refractivity contribution in [2.45, 2.75) is 25.5 Å². The summed E-state index contributed by atoms with van der Waals surface area (Å²) in [6, 6.07) is 10.2. The van der Waals surface area contributed by atoms with Crippen molar-refractivity contribution in [2.24, 2.45) is 7.05 Å². The van der Waals surface area contributed by atoms with Crippen LogP contribution in [0.2, 0.25) is 0 Å². The zero-order valence-electron chi connectivity index (χ0n) is 14.7. The van der Waals surface area contributed by atoms with Gasteiger partial charge in [-0.25, -0.2) is 0 Å². The molecule has 6 nitrogen and oxygen atoms in total. The van der Waals surface area contributed by atoms with E-state index >= 15 is 0 Å². The topological polar surface area (TPSA) is 61.6 Å². The van der Waals surface area contributed by atoms with Gasteiger partial charge in [-0.05, 0) is 17.5 Å². The second kappa shape index (κ2) is 8.27. The van der Waals surface area contributed by atoms with E-state index in [9.17, 15) is 9.90 Å². The van der Waals surface area contributed by atoms with E-state index in [0.29, 0.717) is 32.5 Å². The number of nitrogens with zero attached hydrogens (tertiary/aromatic N) is 4. The van der Waals surface area contributed by atoms with Crippen molar-refractivity contribution in [3.63, 3.8) is 0 Å². The first-order chi connectivity index (χ1) is 12.1. The molecule has 0 radical (unpaired) electrons. The molecule has 134 valence electrons. The van der Waals surface area contributed by atoms with E-state index in [-0.39, 0.29) is 5.91 Å². The van der Waals surface area contributed by atoms with Gasteiger partial charge in [-0.15, -0.1) is 0 Å². The van der Waals surface area contributed by atoms with Crippen molar-refractivity contribution in [2.75, 3.05) is 26.2 Å². The van der Waals surface area contributed by atoms with Gasteiger partial charge in [0.15, 0.2) is 0 Å². The molecule has 1 unspecified atom stereocenters. The fourth-order valence-electron chi connectivity index (χ4n) is 3.28. The average Bonchev–Trinajstić information content (AvgIpc) is 2.93. The summed E-state index contributed by atoms with van der Waals surface area (Å²) in [4.78, 5) is 16.5. The Kier molecular flexibility index (Phi) is 5.83. The molecule has 1 saturated heterocycles. The summed E-state index contributed by atoms with van der Waals surface area (Å²) in [5.41, 5.74) is 2.29. The molecule has 1 aliphatic heterocycles. The van der Waals surface area contributed by atoms with Gasteiger partial charge in [0.2, 0.25) is 5.91 Å². The van der Waals surface area contributed by atoms with E-state index in [1.165, 1.54) is 5.56 Å². The third-order valence-electron chi connectivity index (χ3n) is 4.57. The van der Waals surface area contributed by atoms with E-state index < -0.39 is 6.10 Å². The van der Waals surface area contributed by atoms with Gasteiger partial charge in [0.1, 0.15) is 0 Å². The van der Waals surface area contributed by atoms with Crippen LogP contribution >= 0.6 is 0 Å². The molecule has 25 heavy (non-hydrogen) atoms. The number of benzene rings is 1. The van der Waals surface area contributed by atoms with Gasteiger partial charge in [0.25, 0.3) is 0 Å². The van der Waals surface area contributed by atoms with Gasteiger partial charge in [-0.2, -0.15) is 5.10 Å². The minimum Gasteiger partial charge on any atom is -0.390 e. The molecule has 1 fully saturated rings. The van der Waals surface area contributed by atoms with Gasteiger partial charge in [-0.3, -0.25) is 14.4 Å². The summed E-state index contributed by atoms with van der Waals surface area (Å²) in [6.07, 6.45) is 4.37. The summed E-state index contributed by atoms with van der Waals surface area (Å²) in [5.74, 6) is 0.101. The molecule has 1 amide bonds. The lowest BCUT2D eigenvalue weighted by Crippen LogP contribution is -2.37. The highest BCUT2D eigenvalue weighted by Gasteiger charge is 2.24. The van der Waals surface area contributed by atoms with Crippen molar-refractivity contribution < 1.29 is 9.90 Å². The summed E-state index contributed by atoms with van der Waals surface area (Å²) < 4.78 is 1.75. The first kappa shape index (κ1) is 17.6. The van der Waals surface area contributed by atoms with Crippen LogP contribution in [0, 0.1) is 0 Å². The number of aromatic nitrogens is 2. The Balaban J connectivity index is 1.52. The third-order valence-corrected chi connectivity index (χ3v) is 4.57. The molecule has 2 aromatic rings. The van der Waals surface area contributed by atoms with E-state index in [1.54, 1.807) is 15.8 Å². The van der Waals surface area contributed by atoms with Crippen molar-refractivity contribution in [1.82, 2.24) is 19.6 Å². The number of rotatable bonds is 5. The highest BCUT2D eigenvalue weighted by atomic mass is 16.3. The monoisotopic (exact) mass is 342 g/mol. The van der Waals surface area contributed by atoms with E-state index in [1.807, 2.05) is 31.4 Å². The summed E-state index contributed by atoms with van der Waals surface area (Å²) >= 11 is 0. The molecule has 0 aliphatic carbocycles. The smallest absolute Gasteiger partial charge is 0.223 e. The maximum absolute atomic E-state index is 12.5. The Morgan fingerprint density at radius 2 is 2.00 bits per heavy atom. The van der Waals surface area contributed by atoms with Crippen molar-refractivity contribution in [3.8, 4) is 0 Å². The van der Waals surface area contributed by atoms with Crippen LogP contribution in [0.3, 0.4) is 0 Å². The van der Waals surface area contributed by atoms with Gasteiger partial charge in [0, 0.05) is 52.4 Å². The molecule has 3 rings (SSSR count). The summed E-state index contributed by atoms with van der Waals surface area (Å²) in [5, 5.41) is 14.4. The molecular weight excluding hydrogens is 316 g/mol. The van der Waals surface area contributed by atoms with Crippen LogP contribution in [0.5, 0.6) is 0 Å². The van der Waals surface area contributed by atoms with Crippen LogP contribution in [-0.2, 0) is 24.8 Å². The molecule has 1 aromatic carbocycles. The lowest BCUT2D eigenvalue weighted by molar-refractivity contribution is -0.132. The van der Waals surface area contributed by atoms with Crippen molar-refractivity contribution >= 4 is 5.91 Å². The third kappa shape index (κ3) is 5.14. The molecule has 6 heteroatoms. The maximum Gasteiger partial charge on any atom is 0.223 e. The van der Waals surface area contributed by atoms with Gasteiger partial charge in [-0.1, -0.05) is 30.3 Å². The second-order valence-corrected chi connectivity index (χ2v) is 6.74. The first-order valence-corrected chi connectivity index (χ1v) is 8.80. The molecule has 0 saturated carbocycles. The summed E-state index contributed by atoms with van der Waals surface area (Å²) in [6.45, 7) is 3.26.